The Kier molecular flexibility index (Phi) is 3.52. The molecule has 0 bridgehead atoms. The van der Waals surface area contributed by atoms with Crippen LogP contribution in [0.3, 0.4) is 0 Å². The summed E-state index contributed by atoms with van der Waals surface area (Å²) in [7, 11) is 3.26. The van der Waals surface area contributed by atoms with Crippen molar-refractivity contribution in [3.63, 3.8) is 0 Å². The monoisotopic (exact) mass is 250 g/mol. The number of nitrogens with zero attached hydrogens (tertiary/aromatic N) is 4. The van der Waals surface area contributed by atoms with Crippen molar-refractivity contribution >= 4 is 5.78 Å². The van der Waals surface area contributed by atoms with Crippen LogP contribution >= 0.6 is 0 Å². The summed E-state index contributed by atoms with van der Waals surface area (Å²) in [6.07, 6.45) is 1.37. The molecule has 0 fully saturated rings. The Bertz CT molecular complexity index is 546. The normalized spacial score (nSPS) is 12.6. The minimum atomic E-state index is -0.255. The first-order valence-corrected chi connectivity index (χ1v) is 5.48. The molecule has 7 nitrogen and oxygen atoms in total. The van der Waals surface area contributed by atoms with E-state index in [4.69, 9.17) is 9.26 Å². The Morgan fingerprint density at radius 1 is 1.61 bits per heavy atom. The van der Waals surface area contributed by atoms with Crippen LogP contribution in [0.15, 0.2) is 16.8 Å². The number of aryl methyl sites for hydroxylation is 1. The Labute approximate surface area is 104 Å². The van der Waals surface area contributed by atoms with Crippen LogP contribution in [-0.2, 0) is 18.2 Å². The van der Waals surface area contributed by atoms with Crippen LogP contribution in [0.4, 0.5) is 0 Å². The molecule has 2 aromatic heterocycles. The lowest BCUT2D eigenvalue weighted by Gasteiger charge is -2.01. The highest BCUT2D eigenvalue weighted by molar-refractivity contribution is 5.95. The summed E-state index contributed by atoms with van der Waals surface area (Å²) in [6, 6.07) is 1.65. The van der Waals surface area contributed by atoms with Gasteiger partial charge < -0.3 is 9.26 Å². The number of hydrogen-bond donors (Lipinski definition) is 0. The topological polar surface area (TPSA) is 83.0 Å². The van der Waals surface area contributed by atoms with Crippen molar-refractivity contribution < 1.29 is 14.1 Å². The number of methoxy groups -OCH3 is 1. The van der Waals surface area contributed by atoms with E-state index in [9.17, 15) is 4.79 Å². The highest BCUT2D eigenvalue weighted by Gasteiger charge is 2.17. The van der Waals surface area contributed by atoms with Crippen molar-refractivity contribution in [2.75, 3.05) is 7.11 Å². The number of ketones is 1. The standard InChI is InChI=1S/C11H14N4O3/c1-7(17-3)11-13-10(18-14-11)6-9(16)8-4-5-12-15(8)2/h4-5,7H,6H2,1-3H3. The van der Waals surface area contributed by atoms with Gasteiger partial charge in [-0.3, -0.25) is 9.48 Å². The lowest BCUT2D eigenvalue weighted by molar-refractivity contribution is 0.0974. The lowest BCUT2D eigenvalue weighted by atomic mass is 10.2. The number of carbonyl (C=O) groups is 1. The van der Waals surface area contributed by atoms with Crippen LogP contribution in [0, 0.1) is 0 Å². The average molecular weight is 250 g/mol. The molecule has 0 amide bonds. The zero-order chi connectivity index (χ0) is 13.1. The van der Waals surface area contributed by atoms with E-state index in [0.717, 1.165) is 0 Å². The average Bonchev–Trinajstić information content (AvgIpc) is 2.97. The first-order chi connectivity index (χ1) is 8.61. The largest absolute Gasteiger partial charge is 0.374 e. The van der Waals surface area contributed by atoms with Gasteiger partial charge >= 0.3 is 0 Å². The van der Waals surface area contributed by atoms with Crippen molar-refractivity contribution in [1.29, 1.82) is 0 Å². The van der Waals surface area contributed by atoms with Gasteiger partial charge in [-0.2, -0.15) is 10.1 Å². The fourth-order valence-electron chi connectivity index (χ4n) is 1.49. The van der Waals surface area contributed by atoms with Gasteiger partial charge in [0.2, 0.25) is 5.89 Å². The van der Waals surface area contributed by atoms with Gasteiger partial charge in [0.25, 0.3) is 0 Å². The molecule has 0 aliphatic carbocycles. The summed E-state index contributed by atoms with van der Waals surface area (Å²) in [6.45, 7) is 1.80. The summed E-state index contributed by atoms with van der Waals surface area (Å²) in [5.74, 6) is 0.598. The molecule has 2 aromatic rings. The van der Waals surface area contributed by atoms with E-state index < -0.39 is 0 Å². The number of aromatic nitrogens is 4. The minimum absolute atomic E-state index is 0.0585. The highest BCUT2D eigenvalue weighted by Crippen LogP contribution is 2.12. The van der Waals surface area contributed by atoms with Crippen LogP contribution in [0.2, 0.25) is 0 Å². The molecule has 0 saturated heterocycles. The number of hydrogen-bond acceptors (Lipinski definition) is 6. The molecule has 18 heavy (non-hydrogen) atoms. The number of Topliss-reactive ketones (excluding diaryl/α,β-unsaturated/α-hetero) is 1. The van der Waals surface area contributed by atoms with Gasteiger partial charge in [-0.15, -0.1) is 0 Å². The summed E-state index contributed by atoms with van der Waals surface area (Å²) >= 11 is 0. The summed E-state index contributed by atoms with van der Waals surface area (Å²) < 4.78 is 11.6. The van der Waals surface area contributed by atoms with Crippen molar-refractivity contribution in [2.24, 2.45) is 7.05 Å². The molecule has 2 rings (SSSR count). The van der Waals surface area contributed by atoms with Gasteiger partial charge in [0.05, 0.1) is 6.42 Å². The third-order valence-electron chi connectivity index (χ3n) is 2.62. The van der Waals surface area contributed by atoms with Gasteiger partial charge in [-0.05, 0) is 13.0 Å². The van der Waals surface area contributed by atoms with Crippen molar-refractivity contribution in [3.05, 3.63) is 29.7 Å². The van der Waals surface area contributed by atoms with Gasteiger partial charge in [0.15, 0.2) is 11.6 Å². The second-order valence-electron chi connectivity index (χ2n) is 3.86. The quantitative estimate of drug-likeness (QED) is 0.734. The smallest absolute Gasteiger partial charge is 0.234 e. The minimum Gasteiger partial charge on any atom is -0.374 e. The van der Waals surface area contributed by atoms with Crippen LogP contribution in [-0.4, -0.2) is 32.8 Å². The molecule has 1 atom stereocenters. The van der Waals surface area contributed by atoms with E-state index in [1.807, 2.05) is 0 Å². The maximum Gasteiger partial charge on any atom is 0.234 e. The van der Waals surface area contributed by atoms with Gasteiger partial charge in [0, 0.05) is 20.4 Å². The van der Waals surface area contributed by atoms with Crippen molar-refractivity contribution in [1.82, 2.24) is 19.9 Å². The molecule has 0 saturated carbocycles. The molecule has 0 aliphatic rings. The first-order valence-electron chi connectivity index (χ1n) is 5.48. The van der Waals surface area contributed by atoms with E-state index in [-0.39, 0.29) is 24.2 Å². The Morgan fingerprint density at radius 3 is 3.00 bits per heavy atom. The summed E-state index contributed by atoms with van der Waals surface area (Å²) in [5.41, 5.74) is 0.509. The Morgan fingerprint density at radius 2 is 2.39 bits per heavy atom. The first kappa shape index (κ1) is 12.4. The number of carbonyl (C=O) groups excluding carboxylic acids is 1. The zero-order valence-electron chi connectivity index (χ0n) is 10.5. The maximum absolute atomic E-state index is 11.9. The lowest BCUT2D eigenvalue weighted by Crippen LogP contribution is -2.10. The second-order valence-corrected chi connectivity index (χ2v) is 3.86. The molecule has 0 aromatic carbocycles. The van der Waals surface area contributed by atoms with Gasteiger partial charge in [-0.25, -0.2) is 0 Å². The molecule has 2 heterocycles. The van der Waals surface area contributed by atoms with E-state index >= 15 is 0 Å². The molecule has 0 aliphatic heterocycles. The molecule has 1 unspecified atom stereocenters. The predicted octanol–water partition coefficient (Wildman–Crippen LogP) is 0.936. The molecule has 0 radical (unpaired) electrons. The van der Waals surface area contributed by atoms with E-state index in [0.29, 0.717) is 11.5 Å². The van der Waals surface area contributed by atoms with E-state index in [1.54, 1.807) is 33.3 Å². The van der Waals surface area contributed by atoms with Crippen LogP contribution in [0.25, 0.3) is 0 Å². The molecular weight excluding hydrogens is 236 g/mol. The second kappa shape index (κ2) is 5.09. The van der Waals surface area contributed by atoms with Crippen LogP contribution in [0.1, 0.15) is 35.2 Å². The van der Waals surface area contributed by atoms with Crippen LogP contribution in [0.5, 0.6) is 0 Å². The highest BCUT2D eigenvalue weighted by atomic mass is 16.5. The fourth-order valence-corrected chi connectivity index (χ4v) is 1.49. The maximum atomic E-state index is 11.9. The Hall–Kier alpha value is -2.02. The summed E-state index contributed by atoms with van der Waals surface area (Å²) in [5, 5.41) is 7.69. The van der Waals surface area contributed by atoms with Gasteiger partial charge in [0.1, 0.15) is 11.8 Å². The SMILES string of the molecule is COC(C)c1noc(CC(=O)c2ccnn2C)n1. The van der Waals surface area contributed by atoms with Crippen LogP contribution < -0.4 is 0 Å². The Balaban J connectivity index is 2.08. The van der Waals surface area contributed by atoms with Crippen molar-refractivity contribution in [3.8, 4) is 0 Å². The third kappa shape index (κ3) is 2.45. The molecular formula is C11H14N4O3. The molecule has 0 spiro atoms. The van der Waals surface area contributed by atoms with E-state index in [2.05, 4.69) is 15.2 Å². The number of ether oxygens (including phenoxy) is 1. The molecule has 0 N–H and O–H groups in total. The van der Waals surface area contributed by atoms with Gasteiger partial charge in [-0.1, -0.05) is 5.16 Å². The van der Waals surface area contributed by atoms with Crippen molar-refractivity contribution in [2.45, 2.75) is 19.4 Å². The predicted molar refractivity (Wildman–Crippen MR) is 61.0 cm³/mol. The van der Waals surface area contributed by atoms with E-state index in [1.165, 1.54) is 4.68 Å². The third-order valence-corrected chi connectivity index (χ3v) is 2.62. The molecule has 96 valence electrons. The zero-order valence-corrected chi connectivity index (χ0v) is 10.5. The fraction of sp³-hybridized carbons (Fsp3) is 0.455. The number of rotatable bonds is 5. The summed E-state index contributed by atoms with van der Waals surface area (Å²) in [4.78, 5) is 16.0. The molecule has 7 heteroatoms.